The average molecular weight is 324 g/mol. The fourth-order valence-electron chi connectivity index (χ4n) is 2.43. The van der Waals surface area contributed by atoms with Gasteiger partial charge in [0.25, 0.3) is 17.0 Å². The second kappa shape index (κ2) is 6.49. The molecule has 0 unspecified atom stereocenters. The van der Waals surface area contributed by atoms with E-state index >= 15 is 0 Å². The van der Waals surface area contributed by atoms with Gasteiger partial charge in [0.2, 0.25) is 0 Å². The highest BCUT2D eigenvalue weighted by Gasteiger charge is 2.08. The van der Waals surface area contributed by atoms with Gasteiger partial charge in [0.15, 0.2) is 0 Å². The molecule has 7 heteroatoms. The molecule has 3 rings (SSSR count). The van der Waals surface area contributed by atoms with Gasteiger partial charge in [-0.3, -0.25) is 14.4 Å². The number of pyridine rings is 1. The van der Waals surface area contributed by atoms with Crippen molar-refractivity contribution in [2.75, 3.05) is 6.54 Å². The molecule has 3 N–H and O–H groups in total. The van der Waals surface area contributed by atoms with Gasteiger partial charge in [-0.15, -0.1) is 0 Å². The van der Waals surface area contributed by atoms with E-state index in [1.807, 2.05) is 31.2 Å². The Hall–Kier alpha value is -3.22. The number of benzene rings is 1. The van der Waals surface area contributed by atoms with E-state index in [-0.39, 0.29) is 16.8 Å². The molecule has 0 saturated heterocycles. The van der Waals surface area contributed by atoms with Crippen LogP contribution in [0.3, 0.4) is 0 Å². The Balaban J connectivity index is 1.70. The predicted octanol–water partition coefficient (Wildman–Crippen LogP) is 0.892. The second-order valence-electron chi connectivity index (χ2n) is 5.53. The summed E-state index contributed by atoms with van der Waals surface area (Å²) in [4.78, 5) is 37.8. The number of hydrogen-bond donors (Lipinski definition) is 3. The summed E-state index contributed by atoms with van der Waals surface area (Å²) in [6.07, 6.45) is 0.397. The quantitative estimate of drug-likeness (QED) is 0.662. The molecule has 2 aromatic heterocycles. The Morgan fingerprint density at radius 3 is 2.75 bits per heavy atom. The van der Waals surface area contributed by atoms with Crippen LogP contribution in [0, 0.1) is 6.92 Å². The van der Waals surface area contributed by atoms with Gasteiger partial charge < -0.3 is 10.3 Å². The molecule has 2 heterocycles. The number of H-pyrrole nitrogens is 2. The molecule has 1 amide bonds. The van der Waals surface area contributed by atoms with Crippen LogP contribution in [0.2, 0.25) is 0 Å². The number of carbonyl (C=O) groups is 1. The van der Waals surface area contributed by atoms with Crippen molar-refractivity contribution < 1.29 is 4.79 Å². The zero-order valence-electron chi connectivity index (χ0n) is 13.1. The number of aryl methyl sites for hydroxylation is 1. The highest BCUT2D eigenvalue weighted by Crippen LogP contribution is 2.13. The van der Waals surface area contributed by atoms with Crippen LogP contribution in [0.5, 0.6) is 0 Å². The van der Waals surface area contributed by atoms with E-state index in [1.165, 1.54) is 12.1 Å². The summed E-state index contributed by atoms with van der Waals surface area (Å²) in [5, 5.41) is 9.49. The third kappa shape index (κ3) is 3.40. The minimum absolute atomic E-state index is 0.123. The summed E-state index contributed by atoms with van der Waals surface area (Å²) in [7, 11) is 0. The first-order valence-electron chi connectivity index (χ1n) is 7.49. The SMILES string of the molecule is Cc1ccc2[nH]c(=O)c(CCNC(=O)c3ccc(=O)[nH]n3)cc2c1. The lowest BCUT2D eigenvalue weighted by Crippen LogP contribution is -2.29. The molecule has 3 aromatic rings. The molecule has 0 aliphatic carbocycles. The fraction of sp³-hybridized carbons (Fsp3) is 0.176. The largest absolute Gasteiger partial charge is 0.350 e. The van der Waals surface area contributed by atoms with E-state index in [0.29, 0.717) is 18.5 Å². The molecule has 1 aromatic carbocycles. The zero-order valence-corrected chi connectivity index (χ0v) is 13.1. The van der Waals surface area contributed by atoms with Gasteiger partial charge in [0.05, 0.1) is 0 Å². The van der Waals surface area contributed by atoms with Crippen LogP contribution >= 0.6 is 0 Å². The Morgan fingerprint density at radius 1 is 1.17 bits per heavy atom. The molecule has 0 radical (unpaired) electrons. The van der Waals surface area contributed by atoms with Crippen molar-refractivity contribution in [2.45, 2.75) is 13.3 Å². The van der Waals surface area contributed by atoms with Crippen LogP contribution in [-0.2, 0) is 6.42 Å². The normalized spacial score (nSPS) is 10.7. The summed E-state index contributed by atoms with van der Waals surface area (Å²) in [5.41, 5.74) is 2.08. The third-order valence-electron chi connectivity index (χ3n) is 3.67. The monoisotopic (exact) mass is 324 g/mol. The molecule has 0 bridgehead atoms. The summed E-state index contributed by atoms with van der Waals surface area (Å²) in [6.45, 7) is 2.28. The maximum atomic E-state index is 12.1. The van der Waals surface area contributed by atoms with Gasteiger partial charge in [-0.25, -0.2) is 5.10 Å². The molecule has 7 nitrogen and oxygen atoms in total. The smallest absolute Gasteiger partial charge is 0.271 e. The van der Waals surface area contributed by atoms with Gasteiger partial charge in [-0.2, -0.15) is 5.10 Å². The highest BCUT2D eigenvalue weighted by atomic mass is 16.2. The van der Waals surface area contributed by atoms with Crippen molar-refractivity contribution >= 4 is 16.8 Å². The maximum absolute atomic E-state index is 12.1. The van der Waals surface area contributed by atoms with E-state index in [9.17, 15) is 14.4 Å². The summed E-state index contributed by atoms with van der Waals surface area (Å²) < 4.78 is 0. The van der Waals surface area contributed by atoms with E-state index < -0.39 is 5.91 Å². The lowest BCUT2D eigenvalue weighted by Gasteiger charge is -2.06. The van der Waals surface area contributed by atoms with E-state index in [2.05, 4.69) is 20.5 Å². The van der Waals surface area contributed by atoms with Crippen molar-refractivity contribution in [2.24, 2.45) is 0 Å². The molecule has 24 heavy (non-hydrogen) atoms. The Morgan fingerprint density at radius 2 is 2.00 bits per heavy atom. The van der Waals surface area contributed by atoms with Gasteiger partial charge in [-0.1, -0.05) is 11.6 Å². The van der Waals surface area contributed by atoms with Crippen LogP contribution in [0.1, 0.15) is 21.6 Å². The summed E-state index contributed by atoms with van der Waals surface area (Å²) in [6, 6.07) is 10.2. The van der Waals surface area contributed by atoms with Crippen molar-refractivity contribution in [1.29, 1.82) is 0 Å². The zero-order chi connectivity index (χ0) is 17.1. The van der Waals surface area contributed by atoms with E-state index in [1.54, 1.807) is 0 Å². The highest BCUT2D eigenvalue weighted by molar-refractivity contribution is 5.91. The van der Waals surface area contributed by atoms with E-state index in [4.69, 9.17) is 0 Å². The molecule has 0 aliphatic rings. The number of nitrogens with one attached hydrogen (secondary N) is 3. The number of fused-ring (bicyclic) bond motifs is 1. The Bertz CT molecular complexity index is 1000. The van der Waals surface area contributed by atoms with Gasteiger partial charge in [0.1, 0.15) is 5.69 Å². The van der Waals surface area contributed by atoms with Crippen LogP contribution in [0.25, 0.3) is 10.9 Å². The van der Waals surface area contributed by atoms with Crippen LogP contribution < -0.4 is 16.4 Å². The van der Waals surface area contributed by atoms with Crippen molar-refractivity contribution in [3.63, 3.8) is 0 Å². The first kappa shape index (κ1) is 15.7. The number of aromatic nitrogens is 3. The molecule has 122 valence electrons. The van der Waals surface area contributed by atoms with Crippen LogP contribution in [0.15, 0.2) is 46.0 Å². The van der Waals surface area contributed by atoms with Gasteiger partial charge in [0, 0.05) is 23.7 Å². The minimum Gasteiger partial charge on any atom is -0.350 e. The molecule has 0 atom stereocenters. The first-order chi connectivity index (χ1) is 11.5. The minimum atomic E-state index is -0.403. The summed E-state index contributed by atoms with van der Waals surface area (Å²) >= 11 is 0. The molecule has 0 spiro atoms. The van der Waals surface area contributed by atoms with Crippen LogP contribution in [0.4, 0.5) is 0 Å². The predicted molar refractivity (Wildman–Crippen MR) is 90.2 cm³/mol. The number of hydrogen-bond acceptors (Lipinski definition) is 4. The number of aromatic amines is 2. The van der Waals surface area contributed by atoms with Crippen molar-refractivity contribution in [3.05, 3.63) is 73.9 Å². The lowest BCUT2D eigenvalue weighted by atomic mass is 10.1. The Kier molecular flexibility index (Phi) is 4.24. The van der Waals surface area contributed by atoms with Gasteiger partial charge >= 0.3 is 0 Å². The standard InChI is InChI=1S/C17H16N4O3/c1-10-2-3-13-12(8-10)9-11(16(23)19-13)6-7-18-17(24)14-4-5-15(22)21-20-14/h2-5,8-9H,6-7H2,1H3,(H,18,24)(H,19,23)(H,21,22). The third-order valence-corrected chi connectivity index (χ3v) is 3.67. The maximum Gasteiger partial charge on any atom is 0.271 e. The topological polar surface area (TPSA) is 108 Å². The van der Waals surface area contributed by atoms with Crippen LogP contribution in [-0.4, -0.2) is 27.6 Å². The average Bonchev–Trinajstić information content (AvgIpc) is 2.56. The number of rotatable bonds is 4. The molecule has 0 aliphatic heterocycles. The number of carbonyl (C=O) groups excluding carboxylic acids is 1. The van der Waals surface area contributed by atoms with Crippen molar-refractivity contribution in [3.8, 4) is 0 Å². The molecular formula is C17H16N4O3. The number of amides is 1. The number of nitrogens with zero attached hydrogens (tertiary/aromatic N) is 1. The van der Waals surface area contributed by atoms with Gasteiger partial charge in [-0.05, 0) is 43.0 Å². The fourth-order valence-corrected chi connectivity index (χ4v) is 2.43. The first-order valence-corrected chi connectivity index (χ1v) is 7.49. The Labute approximate surface area is 136 Å². The second-order valence-corrected chi connectivity index (χ2v) is 5.53. The summed E-state index contributed by atoms with van der Waals surface area (Å²) in [5.74, 6) is -0.403. The molecule has 0 saturated carbocycles. The lowest BCUT2D eigenvalue weighted by molar-refractivity contribution is 0.0948. The molecule has 0 fully saturated rings. The molecular weight excluding hydrogens is 308 g/mol. The van der Waals surface area contributed by atoms with E-state index in [0.717, 1.165) is 16.5 Å². The van der Waals surface area contributed by atoms with Crippen molar-refractivity contribution in [1.82, 2.24) is 20.5 Å².